The second-order valence-corrected chi connectivity index (χ2v) is 8.38. The van der Waals surface area contributed by atoms with Crippen LogP contribution in [-0.2, 0) is 15.1 Å². The number of nitrogens with one attached hydrogen (secondary N) is 2. The first kappa shape index (κ1) is 22.3. The number of hydrogen-bond acceptors (Lipinski definition) is 5. The molecule has 6 nitrogen and oxygen atoms in total. The number of carbonyl (C=O) groups is 2. The summed E-state index contributed by atoms with van der Waals surface area (Å²) in [5, 5.41) is 9.82. The number of nitrogens with zero attached hydrogens (tertiary/aromatic N) is 1. The smallest absolute Gasteiger partial charge is 0.238 e. The summed E-state index contributed by atoms with van der Waals surface area (Å²) in [7, 11) is 0. The zero-order valence-corrected chi connectivity index (χ0v) is 18.1. The van der Waals surface area contributed by atoms with Crippen LogP contribution in [0.15, 0.2) is 34.9 Å². The third kappa shape index (κ3) is 5.75. The summed E-state index contributed by atoms with van der Waals surface area (Å²) in [5.41, 5.74) is 0.568. The van der Waals surface area contributed by atoms with Gasteiger partial charge in [0.25, 0.3) is 0 Å². The van der Waals surface area contributed by atoms with E-state index in [0.29, 0.717) is 16.6 Å². The van der Waals surface area contributed by atoms with E-state index < -0.39 is 10.8 Å². The summed E-state index contributed by atoms with van der Waals surface area (Å²) >= 11 is 7.26. The van der Waals surface area contributed by atoms with Crippen molar-refractivity contribution in [2.75, 3.05) is 11.1 Å². The van der Waals surface area contributed by atoms with Gasteiger partial charge in [0.1, 0.15) is 5.76 Å². The first-order valence-corrected chi connectivity index (χ1v) is 10.6. The Hall–Kier alpha value is -1.99. The van der Waals surface area contributed by atoms with E-state index in [1.165, 1.54) is 11.8 Å². The van der Waals surface area contributed by atoms with Crippen LogP contribution in [0, 0.1) is 6.92 Å². The fourth-order valence-electron chi connectivity index (χ4n) is 2.91. The van der Waals surface area contributed by atoms with Crippen molar-refractivity contribution in [3.05, 3.63) is 46.7 Å². The maximum Gasteiger partial charge on any atom is 0.238 e. The molecular weight excluding hydrogens is 398 g/mol. The van der Waals surface area contributed by atoms with Crippen molar-refractivity contribution in [2.24, 2.45) is 0 Å². The molecule has 0 radical (unpaired) electrons. The molecule has 0 aliphatic rings. The zero-order valence-electron chi connectivity index (χ0n) is 16.5. The molecule has 0 unspecified atom stereocenters. The number of hydrogen-bond donors (Lipinski definition) is 2. The van der Waals surface area contributed by atoms with Crippen molar-refractivity contribution < 1.29 is 14.1 Å². The predicted octanol–water partition coefficient (Wildman–Crippen LogP) is 4.53. The summed E-state index contributed by atoms with van der Waals surface area (Å²) in [6.45, 7) is 7.59. The molecule has 0 spiro atoms. The molecule has 8 heteroatoms. The Morgan fingerprint density at radius 1 is 1.25 bits per heavy atom. The normalized spacial score (nSPS) is 12.5. The second-order valence-electron chi connectivity index (χ2n) is 6.61. The Morgan fingerprint density at radius 2 is 1.89 bits per heavy atom. The van der Waals surface area contributed by atoms with Gasteiger partial charge < -0.3 is 15.2 Å². The van der Waals surface area contributed by atoms with Crippen LogP contribution in [0.1, 0.15) is 44.9 Å². The van der Waals surface area contributed by atoms with Gasteiger partial charge in [-0.3, -0.25) is 9.59 Å². The third-order valence-electron chi connectivity index (χ3n) is 4.70. The SMILES string of the molecule is CCC(CC)(NC(=O)CS[C@@H](C)C(=O)Nc1cc(C)on1)c1ccc(Cl)cc1. The van der Waals surface area contributed by atoms with Crippen LogP contribution in [0.4, 0.5) is 5.82 Å². The molecule has 0 fully saturated rings. The second kappa shape index (κ2) is 9.98. The van der Waals surface area contributed by atoms with Crippen molar-refractivity contribution >= 4 is 41.0 Å². The molecule has 0 aliphatic heterocycles. The minimum atomic E-state index is -0.452. The molecule has 0 bridgehead atoms. The first-order valence-electron chi connectivity index (χ1n) is 9.22. The highest BCUT2D eigenvalue weighted by atomic mass is 35.5. The standard InChI is InChI=1S/C20H26ClN3O3S/c1-5-20(6-2,15-7-9-16(21)10-8-15)23-18(25)12-28-14(4)19(26)22-17-11-13(3)27-24-17/h7-11,14H,5-6,12H2,1-4H3,(H,23,25)(H,22,24,26)/t14-/m0/s1. The minimum Gasteiger partial charge on any atom is -0.360 e. The van der Waals surface area contributed by atoms with Gasteiger partial charge in [0, 0.05) is 11.1 Å². The molecule has 2 N–H and O–H groups in total. The number of benzene rings is 1. The number of amides is 2. The van der Waals surface area contributed by atoms with E-state index in [2.05, 4.69) is 15.8 Å². The van der Waals surface area contributed by atoms with Crippen LogP contribution in [0.5, 0.6) is 0 Å². The number of thioether (sulfide) groups is 1. The van der Waals surface area contributed by atoms with Crippen LogP contribution >= 0.6 is 23.4 Å². The maximum absolute atomic E-state index is 12.6. The average molecular weight is 424 g/mol. The van der Waals surface area contributed by atoms with Gasteiger partial charge in [-0.2, -0.15) is 0 Å². The lowest BCUT2D eigenvalue weighted by Crippen LogP contribution is -2.46. The van der Waals surface area contributed by atoms with Crippen molar-refractivity contribution in [2.45, 2.75) is 51.3 Å². The Morgan fingerprint density at radius 3 is 2.43 bits per heavy atom. The van der Waals surface area contributed by atoms with Crippen molar-refractivity contribution in [3.63, 3.8) is 0 Å². The average Bonchev–Trinajstić information content (AvgIpc) is 3.09. The van der Waals surface area contributed by atoms with Crippen LogP contribution in [-0.4, -0.2) is 28.0 Å². The maximum atomic E-state index is 12.6. The Labute approximate surface area is 174 Å². The molecule has 152 valence electrons. The van der Waals surface area contributed by atoms with Crippen molar-refractivity contribution in [1.82, 2.24) is 10.5 Å². The number of halogens is 1. The molecule has 1 heterocycles. The zero-order chi connectivity index (χ0) is 20.7. The van der Waals surface area contributed by atoms with E-state index in [9.17, 15) is 9.59 Å². The van der Waals surface area contributed by atoms with Gasteiger partial charge in [0.15, 0.2) is 5.82 Å². The Kier molecular flexibility index (Phi) is 7.95. The quantitative estimate of drug-likeness (QED) is 0.619. The molecule has 1 aromatic heterocycles. The molecule has 2 rings (SSSR count). The molecule has 0 saturated carbocycles. The number of anilines is 1. The highest BCUT2D eigenvalue weighted by Gasteiger charge is 2.30. The molecule has 1 aromatic carbocycles. The highest BCUT2D eigenvalue weighted by molar-refractivity contribution is 8.01. The lowest BCUT2D eigenvalue weighted by Gasteiger charge is -2.34. The number of carbonyl (C=O) groups excluding carboxylic acids is 2. The van der Waals surface area contributed by atoms with E-state index in [1.807, 2.05) is 38.1 Å². The van der Waals surface area contributed by atoms with Crippen LogP contribution < -0.4 is 10.6 Å². The van der Waals surface area contributed by atoms with Gasteiger partial charge in [0.2, 0.25) is 11.8 Å². The van der Waals surface area contributed by atoms with Crippen LogP contribution in [0.3, 0.4) is 0 Å². The van der Waals surface area contributed by atoms with Gasteiger partial charge >= 0.3 is 0 Å². The molecule has 1 atom stereocenters. The first-order chi connectivity index (χ1) is 13.3. The van der Waals surface area contributed by atoms with Gasteiger partial charge in [-0.05, 0) is 44.4 Å². The molecule has 2 aromatic rings. The van der Waals surface area contributed by atoms with Crippen LogP contribution in [0.2, 0.25) is 5.02 Å². The lowest BCUT2D eigenvalue weighted by molar-refractivity contribution is -0.120. The summed E-state index contributed by atoms with van der Waals surface area (Å²) in [4.78, 5) is 24.8. The lowest BCUT2D eigenvalue weighted by atomic mass is 9.84. The van der Waals surface area contributed by atoms with Gasteiger partial charge in [0.05, 0.1) is 16.5 Å². The largest absolute Gasteiger partial charge is 0.360 e. The number of aryl methyl sites for hydroxylation is 1. The van der Waals surface area contributed by atoms with Crippen molar-refractivity contribution in [1.29, 1.82) is 0 Å². The predicted molar refractivity (Wildman–Crippen MR) is 114 cm³/mol. The Balaban J connectivity index is 1.93. The minimum absolute atomic E-state index is 0.111. The monoisotopic (exact) mass is 423 g/mol. The Bertz CT molecular complexity index is 803. The molecule has 2 amide bonds. The molecule has 0 aliphatic carbocycles. The van der Waals surface area contributed by atoms with E-state index in [-0.39, 0.29) is 17.6 Å². The van der Waals surface area contributed by atoms with Crippen LogP contribution in [0.25, 0.3) is 0 Å². The van der Waals surface area contributed by atoms with E-state index in [0.717, 1.165) is 18.4 Å². The number of aromatic nitrogens is 1. The van der Waals surface area contributed by atoms with E-state index in [4.69, 9.17) is 16.1 Å². The third-order valence-corrected chi connectivity index (χ3v) is 6.09. The van der Waals surface area contributed by atoms with E-state index in [1.54, 1.807) is 19.9 Å². The fourth-order valence-corrected chi connectivity index (χ4v) is 3.72. The summed E-state index contributed by atoms with van der Waals surface area (Å²) < 4.78 is 4.93. The summed E-state index contributed by atoms with van der Waals surface area (Å²) in [6, 6.07) is 9.19. The van der Waals surface area contributed by atoms with Gasteiger partial charge in [-0.1, -0.05) is 42.7 Å². The van der Waals surface area contributed by atoms with Crippen molar-refractivity contribution in [3.8, 4) is 0 Å². The summed E-state index contributed by atoms with van der Waals surface area (Å²) in [5.74, 6) is 0.842. The topological polar surface area (TPSA) is 84.2 Å². The molecule has 0 saturated heterocycles. The van der Waals surface area contributed by atoms with E-state index >= 15 is 0 Å². The fraction of sp³-hybridized carbons (Fsp3) is 0.450. The highest BCUT2D eigenvalue weighted by Crippen LogP contribution is 2.30. The van der Waals surface area contributed by atoms with Gasteiger partial charge in [-0.25, -0.2) is 0 Å². The number of rotatable bonds is 9. The molecular formula is C20H26ClN3O3S. The molecule has 28 heavy (non-hydrogen) atoms. The summed E-state index contributed by atoms with van der Waals surface area (Å²) in [6.07, 6.45) is 1.51. The van der Waals surface area contributed by atoms with Gasteiger partial charge in [-0.15, -0.1) is 11.8 Å².